The molecular weight excluding hydrogens is 1830 g/mol. The number of benzene rings is 4. The fraction of sp³-hybridized carbons (Fsp3) is 0.516. The SMILES string of the molecule is CCCC[C@H]1C(=O)N(C)[C@@H](CCCC)C(=O)NC(CCCNC(=N)N)C(=O)N[C@H](C(=O)NCC(N)=O)CSCC(=O)N[C@@H](Cc2ccc(O)cc2)C(=O)N(C)[C@@H](C)C(=O)N[C@@H](CC(N)=O)C(=O)N2CCC[C@H]2C(=O)N[C@@H](CN)C(=O)N[C@@H](CC(C)C)C(=O)N2C[C@H](O)C[C@H]2C(=O)N[C@@H](Cc2c[nH]c3ccccc23)C(=O)N[C@@H](CO)C(=O)N[C@@H](Cc2c(-c3cccc(OC)c3)[nH]c3ccccc23)C(=O)N1C. The second kappa shape index (κ2) is 52.2. The lowest BCUT2D eigenvalue weighted by Crippen LogP contribution is -2.62. The van der Waals surface area contributed by atoms with Gasteiger partial charge >= 0.3 is 0 Å². The van der Waals surface area contributed by atoms with Crippen molar-refractivity contribution in [2.45, 2.75) is 228 Å². The number of methoxy groups -OCH3 is 1. The normalized spacial score (nSPS) is 24.3. The van der Waals surface area contributed by atoms with Crippen molar-refractivity contribution in [3.63, 3.8) is 0 Å². The average molecular weight is 1970 g/mol. The number of aromatic hydroxyl groups is 1. The van der Waals surface area contributed by atoms with E-state index >= 15 is 38.4 Å². The molecule has 15 atom stereocenters. The highest BCUT2D eigenvalue weighted by molar-refractivity contribution is 8.00. The van der Waals surface area contributed by atoms with E-state index in [-0.39, 0.29) is 89.0 Å². The quantitative estimate of drug-likeness (QED) is 0.0147. The summed E-state index contributed by atoms with van der Waals surface area (Å²) >= 11 is 0.755. The first-order chi connectivity index (χ1) is 66.7. The molecule has 0 saturated carbocycles. The molecule has 3 fully saturated rings. The number of H-pyrrole nitrogens is 2. The summed E-state index contributed by atoms with van der Waals surface area (Å²) in [5.74, 6) is -17.9. The molecule has 1 unspecified atom stereocenters. The zero-order chi connectivity index (χ0) is 102. The largest absolute Gasteiger partial charge is 0.508 e. The Morgan fingerprint density at radius 1 is 0.579 bits per heavy atom. The van der Waals surface area contributed by atoms with Gasteiger partial charge in [0, 0.05) is 118 Å². The van der Waals surface area contributed by atoms with E-state index in [1.807, 2.05) is 13.8 Å². The summed E-state index contributed by atoms with van der Waals surface area (Å²) in [7, 11) is 5.38. The number of para-hydroxylation sites is 2. The topological polar surface area (TPSA) is 668 Å². The molecule has 0 spiro atoms. The maximum atomic E-state index is 16.2. The number of carbonyl (C=O) groups is 17. The first-order valence-electron chi connectivity index (χ1n) is 46.9. The van der Waals surface area contributed by atoms with Gasteiger partial charge in [-0.2, -0.15) is 0 Å². The van der Waals surface area contributed by atoms with Crippen LogP contribution >= 0.6 is 11.8 Å². The van der Waals surface area contributed by atoms with Crippen molar-refractivity contribution >= 4 is 140 Å². The molecule has 3 saturated heterocycles. The number of unbranched alkanes of at least 4 members (excludes halogenated alkanes) is 2. The van der Waals surface area contributed by atoms with Gasteiger partial charge in [0.2, 0.25) is 100 Å². The summed E-state index contributed by atoms with van der Waals surface area (Å²) < 4.78 is 5.65. The number of nitrogens with two attached hydrogens (primary N) is 4. The van der Waals surface area contributed by atoms with Gasteiger partial charge in [0.15, 0.2) is 5.96 Å². The van der Waals surface area contributed by atoms with Crippen LogP contribution in [0.2, 0.25) is 0 Å². The van der Waals surface area contributed by atoms with Crippen molar-refractivity contribution in [2.75, 3.05) is 79.1 Å². The monoisotopic (exact) mass is 1960 g/mol. The number of aliphatic hydroxyl groups is 2. The highest BCUT2D eigenvalue weighted by Gasteiger charge is 2.47. The van der Waals surface area contributed by atoms with Crippen LogP contribution in [0.1, 0.15) is 135 Å². The molecule has 2 aromatic heterocycles. The number of aliphatic hydroxyl groups excluding tert-OH is 2. The minimum Gasteiger partial charge on any atom is -0.508 e. The lowest BCUT2D eigenvalue weighted by atomic mass is 9.96. The molecule has 6 aromatic rings. The van der Waals surface area contributed by atoms with E-state index in [9.17, 15) is 58.5 Å². The van der Waals surface area contributed by atoms with E-state index in [1.165, 1.54) is 59.4 Å². The number of nitrogens with one attached hydrogen (secondary N) is 14. The number of rotatable bonds is 27. The van der Waals surface area contributed by atoms with Crippen molar-refractivity contribution < 1.29 is 102 Å². The molecule has 3 aliphatic heterocycles. The van der Waals surface area contributed by atoms with Crippen LogP contribution < -0.4 is 86.2 Å². The van der Waals surface area contributed by atoms with E-state index in [0.717, 1.165) is 36.3 Å². The van der Waals surface area contributed by atoms with E-state index in [1.54, 1.807) is 92.8 Å². The molecule has 5 heterocycles. The number of primary amides is 2. The molecule has 0 aliphatic carbocycles. The van der Waals surface area contributed by atoms with Crippen LogP contribution in [0.25, 0.3) is 33.1 Å². The van der Waals surface area contributed by atoms with E-state index < -0.39 is 248 Å². The van der Waals surface area contributed by atoms with Gasteiger partial charge in [0.25, 0.3) is 0 Å². The van der Waals surface area contributed by atoms with Crippen LogP contribution in [0.5, 0.6) is 11.5 Å². The van der Waals surface area contributed by atoms with Crippen LogP contribution in [-0.4, -0.2) is 326 Å². The molecule has 4 aromatic carbocycles. The van der Waals surface area contributed by atoms with Gasteiger partial charge in [-0.25, -0.2) is 0 Å². The Balaban J connectivity index is 1.13. The van der Waals surface area contributed by atoms with Crippen LogP contribution in [0, 0.1) is 11.3 Å². The van der Waals surface area contributed by atoms with Gasteiger partial charge in [-0.05, 0) is 111 Å². The maximum Gasteiger partial charge on any atom is 0.246 e. The average Bonchev–Trinajstić information content (AvgIpc) is 1.62. The number of ether oxygens (including phenoxy) is 1. The van der Waals surface area contributed by atoms with Crippen molar-refractivity contribution in [3.05, 3.63) is 120 Å². The summed E-state index contributed by atoms with van der Waals surface area (Å²) in [6.45, 7) is 5.30. The molecule has 17 amide bonds. The number of hydrogen-bond donors (Lipinski definition) is 21. The Morgan fingerprint density at radius 2 is 1.16 bits per heavy atom. The molecule has 3 aliphatic rings. The third-order valence-corrected chi connectivity index (χ3v) is 26.1. The minimum absolute atomic E-state index is 0.0209. The maximum absolute atomic E-state index is 16.2. The lowest BCUT2D eigenvalue weighted by Gasteiger charge is -2.36. The molecule has 140 heavy (non-hydrogen) atoms. The fourth-order valence-corrected chi connectivity index (χ4v) is 18.2. The predicted molar refractivity (Wildman–Crippen MR) is 519 cm³/mol. The number of amides is 17. The van der Waals surface area contributed by atoms with Crippen molar-refractivity contribution in [3.8, 4) is 22.8 Å². The zero-order valence-electron chi connectivity index (χ0n) is 80.2. The summed E-state index contributed by atoms with van der Waals surface area (Å²) in [4.78, 5) is 263. The molecule has 9 rings (SSSR count). The Morgan fingerprint density at radius 3 is 1.82 bits per heavy atom. The molecule has 25 N–H and O–H groups in total. The van der Waals surface area contributed by atoms with Crippen LogP contribution in [0.3, 0.4) is 0 Å². The highest BCUT2D eigenvalue weighted by atomic mass is 32.2. The third kappa shape index (κ3) is 29.8. The molecule has 44 nitrogen and oxygen atoms in total. The van der Waals surface area contributed by atoms with E-state index in [0.29, 0.717) is 81.2 Å². The highest BCUT2D eigenvalue weighted by Crippen LogP contribution is 2.35. The molecular formula is C95H133N23O21S. The molecule has 45 heteroatoms. The Bertz CT molecular complexity index is 5440. The van der Waals surface area contributed by atoms with Crippen LogP contribution in [0.4, 0.5) is 0 Å². The predicted octanol–water partition coefficient (Wildman–Crippen LogP) is -2.26. The van der Waals surface area contributed by atoms with Gasteiger partial charge in [0.05, 0.1) is 38.5 Å². The Labute approximate surface area is 814 Å². The smallest absolute Gasteiger partial charge is 0.246 e. The first kappa shape index (κ1) is 110. The summed E-state index contributed by atoms with van der Waals surface area (Å²) in [6.07, 6.45) is -0.696. The van der Waals surface area contributed by atoms with Crippen LogP contribution in [-0.2, 0) is 101 Å². The molecule has 0 radical (unpaired) electrons. The number of thioether (sulfide) groups is 1. The number of guanidine groups is 1. The lowest BCUT2D eigenvalue weighted by molar-refractivity contribution is -0.149. The number of phenols is 1. The minimum atomic E-state index is -1.94. The Kier molecular flexibility index (Phi) is 40.9. The van der Waals surface area contributed by atoms with E-state index in [2.05, 4.69) is 68.5 Å². The number of hydrogen-bond acceptors (Lipinski definition) is 24. The standard InChI is InChI=1S/C95H133N23O21S/c1-10-12-28-73-87(131)106-64(27-19-35-101-95(99)100)83(127)113-72(82(126)103-46-78(98)123)49-140-50-79(124)104-67(38-53-31-33-56(120)34-32-53)90(134)114(6)52(5)81(125)108-69(43-77(97)122)92(136)117-36-20-30-74(117)88(132)111-70(44-96)85(129)109-66(37-51(3)4)93(137)118-47-57(121)41-76(118)89(133)107-65(40-55-45-102-62-25-16-14-23-59(55)62)84(128)112-71(48-119)86(130)110-68(91(135)116(8)75(29-13-11-2)94(138)115(73)7)42-61-60-24-15-17-26-63(60)105-80(61)54-21-18-22-58(39-54)139-9/h14-18,21-26,31-34,39,45,51-52,57,64-76,102,105,119-121H,10-13,19-20,27-30,35-38,40-44,46-50,96H2,1-9H3,(H2,97,122)(H2,98,123)(H,103,126)(H,104,124)(H,106,131)(H,107,133)(H,108,125)(H,109,129)(H,110,130)(H,111,132)(H,112,128)(H,113,127)(H4,99,100,101)/t52-,57+,64?,65-,66-,67-,68-,69-,70-,71-,72-,73-,74-,75-,76-/m0/s1. The van der Waals surface area contributed by atoms with E-state index in [4.69, 9.17) is 33.1 Å². The number of aromatic amines is 2. The van der Waals surface area contributed by atoms with Crippen molar-refractivity contribution in [1.29, 1.82) is 5.41 Å². The molecule has 0 bridgehead atoms. The first-order valence-corrected chi connectivity index (χ1v) is 48.0. The summed E-state index contributed by atoms with van der Waals surface area (Å²) in [6, 6.07) is 4.36. The second-order valence-corrected chi connectivity index (χ2v) is 36.9. The van der Waals surface area contributed by atoms with Crippen LogP contribution in [0.15, 0.2) is 103 Å². The van der Waals surface area contributed by atoms with Gasteiger partial charge in [-0.3, -0.25) is 86.9 Å². The summed E-state index contributed by atoms with van der Waals surface area (Å²) in [5.41, 5.74) is 26.6. The number of carbonyl (C=O) groups excluding carboxylic acids is 17. The molecule has 760 valence electrons. The summed E-state index contributed by atoms with van der Waals surface area (Å²) in [5, 5.41) is 71.1. The number of fused-ring (bicyclic) bond motifs is 4. The number of aromatic nitrogens is 2. The number of likely N-dealkylation sites (N-methyl/N-ethyl adjacent to an activating group) is 3. The zero-order valence-corrected chi connectivity index (χ0v) is 81.0. The van der Waals surface area contributed by atoms with Gasteiger partial charge in [0.1, 0.15) is 96.1 Å². The fourth-order valence-electron chi connectivity index (χ4n) is 17.3. The van der Waals surface area contributed by atoms with Gasteiger partial charge < -0.3 is 136 Å². The van der Waals surface area contributed by atoms with Crippen molar-refractivity contribution in [2.24, 2.45) is 28.9 Å². The van der Waals surface area contributed by atoms with Gasteiger partial charge in [-0.1, -0.05) is 114 Å². The number of phenolic OH excluding ortho intramolecular Hbond substituents is 1. The van der Waals surface area contributed by atoms with Crippen molar-refractivity contribution in [1.82, 2.24) is 93.0 Å². The second-order valence-electron chi connectivity index (χ2n) is 35.8. The number of nitrogens with zero attached hydrogens (tertiary/aromatic N) is 5. The Hall–Kier alpha value is -14.0. The third-order valence-electron chi connectivity index (χ3n) is 25.1. The van der Waals surface area contributed by atoms with Gasteiger partial charge in [-0.15, -0.1) is 11.8 Å².